The van der Waals surface area contributed by atoms with Gasteiger partial charge in [0.15, 0.2) is 5.13 Å². The number of nitrogens with one attached hydrogen (secondary N) is 1. The van der Waals surface area contributed by atoms with E-state index in [9.17, 15) is 9.90 Å². The number of anilines is 2. The zero-order valence-corrected chi connectivity index (χ0v) is 10.6. The number of amides is 1. The van der Waals surface area contributed by atoms with Crippen molar-refractivity contribution in [2.75, 3.05) is 11.1 Å². The van der Waals surface area contributed by atoms with Crippen molar-refractivity contribution in [3.8, 4) is 5.75 Å². The molecule has 94 valence electrons. The number of phenolic OH excluding ortho intramolecular Hbond substituents is 1. The van der Waals surface area contributed by atoms with E-state index < -0.39 is 0 Å². The summed E-state index contributed by atoms with van der Waals surface area (Å²) in [6, 6.07) is 5.03. The first-order valence-electron chi connectivity index (χ1n) is 5.34. The third kappa shape index (κ3) is 2.98. The van der Waals surface area contributed by atoms with Crippen LogP contribution in [0.25, 0.3) is 0 Å². The topological polar surface area (TPSA) is 88.2 Å². The molecule has 0 saturated heterocycles. The normalized spacial score (nSPS) is 10.3. The Labute approximate surface area is 108 Å². The molecule has 0 radical (unpaired) electrons. The molecule has 5 nitrogen and oxygen atoms in total. The Morgan fingerprint density at radius 1 is 1.56 bits per heavy atom. The van der Waals surface area contributed by atoms with E-state index in [-0.39, 0.29) is 18.1 Å². The van der Waals surface area contributed by atoms with Gasteiger partial charge in [0.05, 0.1) is 17.8 Å². The second kappa shape index (κ2) is 5.05. The van der Waals surface area contributed by atoms with Gasteiger partial charge in [-0.05, 0) is 24.6 Å². The number of thiazole rings is 1. The van der Waals surface area contributed by atoms with Crippen LogP contribution in [0.15, 0.2) is 23.6 Å². The molecule has 0 aliphatic rings. The van der Waals surface area contributed by atoms with Crippen LogP contribution >= 0.6 is 11.3 Å². The zero-order chi connectivity index (χ0) is 13.1. The van der Waals surface area contributed by atoms with E-state index >= 15 is 0 Å². The number of carbonyl (C=O) groups excluding carboxylic acids is 1. The third-order valence-electron chi connectivity index (χ3n) is 2.34. The molecule has 0 spiro atoms. The van der Waals surface area contributed by atoms with Crippen molar-refractivity contribution < 1.29 is 9.90 Å². The maximum atomic E-state index is 11.8. The Bertz CT molecular complexity index is 580. The number of benzene rings is 1. The van der Waals surface area contributed by atoms with Crippen molar-refractivity contribution in [1.29, 1.82) is 0 Å². The molecule has 0 aliphatic heterocycles. The fourth-order valence-electron chi connectivity index (χ4n) is 1.51. The molecular formula is C12H13N3O2S. The van der Waals surface area contributed by atoms with E-state index in [4.69, 9.17) is 5.73 Å². The second-order valence-corrected chi connectivity index (χ2v) is 4.81. The quantitative estimate of drug-likeness (QED) is 0.738. The van der Waals surface area contributed by atoms with Crippen LogP contribution in [0.5, 0.6) is 5.75 Å². The maximum absolute atomic E-state index is 11.8. The van der Waals surface area contributed by atoms with Crippen LogP contribution in [0.3, 0.4) is 0 Å². The molecule has 0 saturated carbocycles. The number of hydrogen-bond acceptors (Lipinski definition) is 5. The average Bonchev–Trinajstić information content (AvgIpc) is 2.69. The van der Waals surface area contributed by atoms with Gasteiger partial charge in [-0.1, -0.05) is 6.07 Å². The lowest BCUT2D eigenvalue weighted by atomic mass is 10.2. The lowest BCUT2D eigenvalue weighted by Crippen LogP contribution is -2.14. The van der Waals surface area contributed by atoms with E-state index in [1.807, 2.05) is 6.92 Å². The van der Waals surface area contributed by atoms with Crippen LogP contribution in [0.1, 0.15) is 11.3 Å². The molecule has 0 unspecified atom stereocenters. The van der Waals surface area contributed by atoms with Gasteiger partial charge in [-0.2, -0.15) is 0 Å². The summed E-state index contributed by atoms with van der Waals surface area (Å²) in [5.41, 5.74) is 7.48. The average molecular weight is 263 g/mol. The van der Waals surface area contributed by atoms with Crippen molar-refractivity contribution in [3.63, 3.8) is 0 Å². The highest BCUT2D eigenvalue weighted by Crippen LogP contribution is 2.24. The number of aromatic nitrogens is 1. The Hall–Kier alpha value is -2.08. The molecule has 6 heteroatoms. The number of phenols is 1. The van der Waals surface area contributed by atoms with Gasteiger partial charge >= 0.3 is 0 Å². The number of nitrogens with zero attached hydrogens (tertiary/aromatic N) is 1. The lowest BCUT2D eigenvalue weighted by molar-refractivity contribution is -0.115. The van der Waals surface area contributed by atoms with E-state index in [2.05, 4.69) is 10.3 Å². The van der Waals surface area contributed by atoms with Gasteiger partial charge in [-0.3, -0.25) is 4.79 Å². The summed E-state index contributed by atoms with van der Waals surface area (Å²) in [6.45, 7) is 1.89. The van der Waals surface area contributed by atoms with Crippen LogP contribution in [0.4, 0.5) is 10.8 Å². The molecule has 1 amide bonds. The first-order chi connectivity index (χ1) is 8.54. The minimum atomic E-state index is -0.235. The summed E-state index contributed by atoms with van der Waals surface area (Å²) < 4.78 is 0. The Balaban J connectivity index is 2.05. The van der Waals surface area contributed by atoms with Crippen molar-refractivity contribution >= 4 is 28.1 Å². The molecule has 2 aromatic rings. The van der Waals surface area contributed by atoms with E-state index in [1.165, 1.54) is 11.3 Å². The minimum Gasteiger partial charge on any atom is -0.506 e. The van der Waals surface area contributed by atoms with Crippen LogP contribution in [0, 0.1) is 6.92 Å². The number of rotatable bonds is 3. The lowest BCUT2D eigenvalue weighted by Gasteiger charge is -2.07. The smallest absolute Gasteiger partial charge is 0.230 e. The predicted octanol–water partition coefficient (Wildman–Crippen LogP) is 1.92. The molecule has 1 aromatic carbocycles. The highest BCUT2D eigenvalue weighted by molar-refractivity contribution is 7.13. The largest absolute Gasteiger partial charge is 0.506 e. The number of aromatic hydroxyl groups is 1. The van der Waals surface area contributed by atoms with Gasteiger partial charge in [0, 0.05) is 5.38 Å². The molecule has 0 fully saturated rings. The highest BCUT2D eigenvalue weighted by Gasteiger charge is 2.09. The van der Waals surface area contributed by atoms with Gasteiger partial charge in [0.2, 0.25) is 5.91 Å². The summed E-state index contributed by atoms with van der Waals surface area (Å²) in [5.74, 6) is -0.187. The van der Waals surface area contributed by atoms with Gasteiger partial charge < -0.3 is 16.2 Å². The summed E-state index contributed by atoms with van der Waals surface area (Å²) in [5, 5.41) is 14.4. The maximum Gasteiger partial charge on any atom is 0.230 e. The third-order valence-corrected chi connectivity index (χ3v) is 3.06. The molecule has 1 heterocycles. The number of carbonyl (C=O) groups is 1. The van der Waals surface area contributed by atoms with Gasteiger partial charge in [0.25, 0.3) is 0 Å². The van der Waals surface area contributed by atoms with Crippen molar-refractivity contribution in [1.82, 2.24) is 4.98 Å². The molecule has 2 rings (SSSR count). The summed E-state index contributed by atoms with van der Waals surface area (Å²) >= 11 is 1.30. The monoisotopic (exact) mass is 263 g/mol. The predicted molar refractivity (Wildman–Crippen MR) is 71.7 cm³/mol. The number of nitrogens with two attached hydrogens (primary N) is 1. The van der Waals surface area contributed by atoms with Gasteiger partial charge in [0.1, 0.15) is 5.75 Å². The van der Waals surface area contributed by atoms with E-state index in [1.54, 1.807) is 23.6 Å². The number of aryl methyl sites for hydroxylation is 1. The first-order valence-corrected chi connectivity index (χ1v) is 6.22. The first kappa shape index (κ1) is 12.4. The molecule has 0 bridgehead atoms. The summed E-state index contributed by atoms with van der Waals surface area (Å²) in [7, 11) is 0. The number of hydrogen-bond donors (Lipinski definition) is 3. The van der Waals surface area contributed by atoms with Crippen LogP contribution in [0.2, 0.25) is 0 Å². The highest BCUT2D eigenvalue weighted by atomic mass is 32.1. The molecule has 1 aromatic heterocycles. The SMILES string of the molecule is Cc1ccc(O)c(NC(=O)Cc2csc(N)n2)c1. The fraction of sp³-hybridized carbons (Fsp3) is 0.167. The van der Waals surface area contributed by atoms with Crippen molar-refractivity contribution in [3.05, 3.63) is 34.8 Å². The summed E-state index contributed by atoms with van der Waals surface area (Å²) in [6.07, 6.45) is 0.140. The van der Waals surface area contributed by atoms with Crippen LogP contribution < -0.4 is 11.1 Å². The van der Waals surface area contributed by atoms with Crippen LogP contribution in [-0.4, -0.2) is 16.0 Å². The molecule has 4 N–H and O–H groups in total. The van der Waals surface area contributed by atoms with Crippen molar-refractivity contribution in [2.45, 2.75) is 13.3 Å². The molecule has 0 atom stereocenters. The fourth-order valence-corrected chi connectivity index (χ4v) is 2.08. The standard InChI is InChI=1S/C12H13N3O2S/c1-7-2-3-10(16)9(4-7)15-11(17)5-8-6-18-12(13)14-8/h2-4,6,16H,5H2,1H3,(H2,13,14)(H,15,17). The van der Waals surface area contributed by atoms with E-state index in [0.29, 0.717) is 16.5 Å². The summed E-state index contributed by atoms with van der Waals surface area (Å²) in [4.78, 5) is 15.8. The molecule has 18 heavy (non-hydrogen) atoms. The van der Waals surface area contributed by atoms with E-state index in [0.717, 1.165) is 5.56 Å². The second-order valence-electron chi connectivity index (χ2n) is 3.92. The number of nitrogen functional groups attached to an aromatic ring is 1. The van der Waals surface area contributed by atoms with Crippen molar-refractivity contribution in [2.24, 2.45) is 0 Å². The Morgan fingerprint density at radius 2 is 2.33 bits per heavy atom. The zero-order valence-electron chi connectivity index (χ0n) is 9.80. The Morgan fingerprint density at radius 3 is 3.00 bits per heavy atom. The Kier molecular flexibility index (Phi) is 3.47. The van der Waals surface area contributed by atoms with Gasteiger partial charge in [-0.25, -0.2) is 4.98 Å². The van der Waals surface area contributed by atoms with Crippen LogP contribution in [-0.2, 0) is 11.2 Å². The molecular weight excluding hydrogens is 250 g/mol. The minimum absolute atomic E-state index is 0.0479. The molecule has 0 aliphatic carbocycles. The van der Waals surface area contributed by atoms with Gasteiger partial charge in [-0.15, -0.1) is 11.3 Å².